The molecule has 0 saturated carbocycles. The van der Waals surface area contributed by atoms with E-state index >= 15 is 0 Å². The van der Waals surface area contributed by atoms with Gasteiger partial charge in [0.05, 0.1) is 32.8 Å². The van der Waals surface area contributed by atoms with E-state index in [1.165, 1.54) is 0 Å². The first-order valence-electron chi connectivity index (χ1n) is 6.08. The predicted octanol–water partition coefficient (Wildman–Crippen LogP) is 5.01. The molecule has 3 nitrogen and oxygen atoms in total. The first-order valence-corrected chi connectivity index (χ1v) is 7.24. The smallest absolute Gasteiger partial charge is 0.178 e. The predicted molar refractivity (Wildman–Crippen MR) is 85.2 cm³/mol. The standard InChI is InChI=1S/C14H11Cl2N3S/c1-8(11-4-2-3-5-17-11)19-13-7-10(16)9(15)6-12(13)18-14(19)20/h2-8H,1H3,(H,18,20). The van der Waals surface area contributed by atoms with Crippen molar-refractivity contribution in [3.8, 4) is 0 Å². The van der Waals surface area contributed by atoms with E-state index in [-0.39, 0.29) is 6.04 Å². The van der Waals surface area contributed by atoms with Crippen LogP contribution in [0.15, 0.2) is 36.5 Å². The summed E-state index contributed by atoms with van der Waals surface area (Å²) in [6, 6.07) is 9.45. The Morgan fingerprint density at radius 2 is 2.00 bits per heavy atom. The second kappa shape index (κ2) is 5.20. The van der Waals surface area contributed by atoms with Crippen molar-refractivity contribution < 1.29 is 0 Å². The molecule has 0 fully saturated rings. The number of pyridine rings is 1. The second-order valence-electron chi connectivity index (χ2n) is 4.51. The SMILES string of the molecule is CC(c1ccccn1)n1c(=S)[nH]c2cc(Cl)c(Cl)cc21. The lowest BCUT2D eigenvalue weighted by Crippen LogP contribution is -2.08. The molecule has 102 valence electrons. The van der Waals surface area contributed by atoms with Crippen molar-refractivity contribution in [3.05, 3.63) is 57.0 Å². The number of nitrogens with one attached hydrogen (secondary N) is 1. The Balaban J connectivity index is 2.24. The lowest BCUT2D eigenvalue weighted by molar-refractivity contribution is 0.630. The average Bonchev–Trinajstić information content (AvgIpc) is 2.75. The number of hydrogen-bond acceptors (Lipinski definition) is 2. The Kier molecular flexibility index (Phi) is 3.54. The van der Waals surface area contributed by atoms with Crippen LogP contribution in [-0.4, -0.2) is 14.5 Å². The van der Waals surface area contributed by atoms with Gasteiger partial charge in [0.1, 0.15) is 0 Å². The van der Waals surface area contributed by atoms with Crippen LogP contribution in [0.4, 0.5) is 0 Å². The molecule has 0 amide bonds. The fourth-order valence-corrected chi connectivity index (χ4v) is 2.95. The van der Waals surface area contributed by atoms with Gasteiger partial charge in [-0.2, -0.15) is 0 Å². The minimum Gasteiger partial charge on any atom is -0.331 e. The summed E-state index contributed by atoms with van der Waals surface area (Å²) in [5, 5.41) is 1.02. The van der Waals surface area contributed by atoms with Crippen molar-refractivity contribution in [2.75, 3.05) is 0 Å². The van der Waals surface area contributed by atoms with E-state index in [4.69, 9.17) is 35.4 Å². The number of rotatable bonds is 2. The molecule has 20 heavy (non-hydrogen) atoms. The van der Waals surface area contributed by atoms with E-state index in [9.17, 15) is 0 Å². The van der Waals surface area contributed by atoms with Gasteiger partial charge < -0.3 is 9.55 Å². The number of aromatic amines is 1. The Morgan fingerprint density at radius 3 is 2.70 bits per heavy atom. The van der Waals surface area contributed by atoms with Gasteiger partial charge in [0, 0.05) is 6.20 Å². The maximum atomic E-state index is 6.11. The van der Waals surface area contributed by atoms with Gasteiger partial charge in [0.25, 0.3) is 0 Å². The minimum atomic E-state index is 0.00897. The van der Waals surface area contributed by atoms with E-state index < -0.39 is 0 Å². The van der Waals surface area contributed by atoms with Crippen LogP contribution in [0.2, 0.25) is 10.0 Å². The molecule has 6 heteroatoms. The van der Waals surface area contributed by atoms with Gasteiger partial charge >= 0.3 is 0 Å². The molecule has 2 aromatic heterocycles. The van der Waals surface area contributed by atoms with Gasteiger partial charge in [-0.3, -0.25) is 4.98 Å². The third-order valence-corrected chi connectivity index (χ3v) is 4.28. The first-order chi connectivity index (χ1) is 9.58. The van der Waals surface area contributed by atoms with Crippen molar-refractivity contribution in [2.45, 2.75) is 13.0 Å². The molecular formula is C14H11Cl2N3S. The van der Waals surface area contributed by atoms with Crippen molar-refractivity contribution in [1.29, 1.82) is 0 Å². The Hall–Kier alpha value is -1.36. The van der Waals surface area contributed by atoms with Gasteiger partial charge in [0.15, 0.2) is 4.77 Å². The Labute approximate surface area is 131 Å². The molecule has 0 saturated heterocycles. The largest absolute Gasteiger partial charge is 0.331 e. The van der Waals surface area contributed by atoms with E-state index in [1.54, 1.807) is 12.3 Å². The van der Waals surface area contributed by atoms with Crippen LogP contribution in [-0.2, 0) is 0 Å². The second-order valence-corrected chi connectivity index (χ2v) is 5.72. The van der Waals surface area contributed by atoms with E-state index in [2.05, 4.69) is 9.97 Å². The van der Waals surface area contributed by atoms with E-state index in [0.717, 1.165) is 16.7 Å². The molecule has 2 heterocycles. The molecule has 0 aliphatic carbocycles. The Bertz CT molecular complexity index is 824. The molecule has 3 aromatic rings. The fourth-order valence-electron chi connectivity index (χ4n) is 2.26. The van der Waals surface area contributed by atoms with Gasteiger partial charge in [-0.25, -0.2) is 0 Å². The molecule has 1 atom stereocenters. The molecule has 0 aliphatic rings. The maximum absolute atomic E-state index is 6.11. The number of nitrogens with zero attached hydrogens (tertiary/aromatic N) is 2. The van der Waals surface area contributed by atoms with Crippen LogP contribution in [0.1, 0.15) is 18.7 Å². The highest BCUT2D eigenvalue weighted by Crippen LogP contribution is 2.30. The monoisotopic (exact) mass is 323 g/mol. The van der Waals surface area contributed by atoms with Crippen molar-refractivity contribution in [1.82, 2.24) is 14.5 Å². The average molecular weight is 324 g/mol. The number of hydrogen-bond donors (Lipinski definition) is 1. The highest BCUT2D eigenvalue weighted by molar-refractivity contribution is 7.71. The van der Waals surface area contributed by atoms with Gasteiger partial charge in [-0.15, -0.1) is 0 Å². The topological polar surface area (TPSA) is 33.6 Å². The molecule has 0 radical (unpaired) electrons. The summed E-state index contributed by atoms with van der Waals surface area (Å²) in [5.41, 5.74) is 2.73. The number of benzene rings is 1. The summed E-state index contributed by atoms with van der Waals surface area (Å²) in [7, 11) is 0. The molecule has 1 unspecified atom stereocenters. The zero-order valence-corrected chi connectivity index (χ0v) is 12.9. The third kappa shape index (κ3) is 2.24. The number of halogens is 2. The van der Waals surface area contributed by atoms with Crippen molar-refractivity contribution in [2.24, 2.45) is 0 Å². The number of fused-ring (bicyclic) bond motifs is 1. The molecule has 1 N–H and O–H groups in total. The van der Waals surface area contributed by atoms with Gasteiger partial charge in [-0.1, -0.05) is 29.3 Å². The molecule has 3 rings (SSSR count). The van der Waals surface area contributed by atoms with Crippen LogP contribution in [0.3, 0.4) is 0 Å². The van der Waals surface area contributed by atoms with Crippen LogP contribution in [0.5, 0.6) is 0 Å². The number of aromatic nitrogens is 3. The lowest BCUT2D eigenvalue weighted by Gasteiger charge is -2.14. The minimum absolute atomic E-state index is 0.00897. The quantitative estimate of drug-likeness (QED) is 0.672. The summed E-state index contributed by atoms with van der Waals surface area (Å²) in [4.78, 5) is 7.54. The number of H-pyrrole nitrogens is 1. The molecule has 1 aromatic carbocycles. The zero-order chi connectivity index (χ0) is 14.3. The zero-order valence-electron chi connectivity index (χ0n) is 10.6. The normalized spacial score (nSPS) is 12.8. The van der Waals surface area contributed by atoms with E-state index in [1.807, 2.05) is 35.8 Å². The maximum Gasteiger partial charge on any atom is 0.178 e. The summed E-state index contributed by atoms with van der Waals surface area (Å²) < 4.78 is 2.62. The summed E-state index contributed by atoms with van der Waals surface area (Å²) >= 11 is 17.6. The summed E-state index contributed by atoms with van der Waals surface area (Å²) in [6.07, 6.45) is 1.77. The van der Waals surface area contributed by atoms with Crippen LogP contribution >= 0.6 is 35.4 Å². The Morgan fingerprint density at radius 1 is 1.25 bits per heavy atom. The van der Waals surface area contributed by atoms with E-state index in [0.29, 0.717) is 14.8 Å². The number of imidazole rings is 1. The van der Waals surface area contributed by atoms with Crippen LogP contribution < -0.4 is 0 Å². The molecular weight excluding hydrogens is 313 g/mol. The molecule has 0 bridgehead atoms. The van der Waals surface area contributed by atoms with Gasteiger partial charge in [-0.05, 0) is 43.4 Å². The first kappa shape index (κ1) is 13.6. The third-order valence-electron chi connectivity index (χ3n) is 3.26. The van der Waals surface area contributed by atoms with Crippen molar-refractivity contribution >= 4 is 46.5 Å². The van der Waals surface area contributed by atoms with Crippen molar-refractivity contribution in [3.63, 3.8) is 0 Å². The van der Waals surface area contributed by atoms with Crippen LogP contribution in [0, 0.1) is 4.77 Å². The molecule has 0 aliphatic heterocycles. The summed E-state index contributed by atoms with van der Waals surface area (Å²) in [5.74, 6) is 0. The van der Waals surface area contributed by atoms with Crippen LogP contribution in [0.25, 0.3) is 11.0 Å². The summed E-state index contributed by atoms with van der Waals surface area (Å²) in [6.45, 7) is 2.05. The lowest BCUT2D eigenvalue weighted by atomic mass is 10.2. The molecule has 0 spiro atoms. The highest BCUT2D eigenvalue weighted by atomic mass is 35.5. The van der Waals surface area contributed by atoms with Gasteiger partial charge in [0.2, 0.25) is 0 Å². The highest BCUT2D eigenvalue weighted by Gasteiger charge is 2.15. The fraction of sp³-hybridized carbons (Fsp3) is 0.143.